The van der Waals surface area contributed by atoms with Crippen LogP contribution in [0.2, 0.25) is 0 Å². The second kappa shape index (κ2) is 2.71. The Labute approximate surface area is 43.2 Å². The lowest BCUT2D eigenvalue weighted by molar-refractivity contribution is 0.736. The van der Waals surface area contributed by atoms with Crippen LogP contribution in [0.4, 0.5) is 0 Å². The van der Waals surface area contributed by atoms with Crippen molar-refractivity contribution in [3.63, 3.8) is 0 Å². The van der Waals surface area contributed by atoms with Gasteiger partial charge in [-0.25, -0.2) is 0 Å². The Balaban J connectivity index is 3.13. The summed E-state index contributed by atoms with van der Waals surface area (Å²) in [5.74, 6) is 0. The Hall–Kier alpha value is -0.410. The van der Waals surface area contributed by atoms with E-state index in [2.05, 4.69) is 0 Å². The molecule has 5 N–H and O–H groups in total. The number of rotatable bonds is 2. The predicted molar refractivity (Wildman–Crippen MR) is 30.2 cm³/mol. The van der Waals surface area contributed by atoms with E-state index in [0.29, 0.717) is 12.1 Å². The van der Waals surface area contributed by atoms with Crippen molar-refractivity contribution in [3.8, 4) is 0 Å². The van der Waals surface area contributed by atoms with Crippen LogP contribution in [0.1, 0.15) is 13.3 Å². The molecule has 0 rings (SSSR count). The quantitative estimate of drug-likeness (QED) is 0.329. The first-order valence-electron chi connectivity index (χ1n) is 2.18. The molecular formula is C4H11N3. The largest absolute Gasteiger partial charge is 0.316 e. The Morgan fingerprint density at radius 1 is 1.71 bits per heavy atom. The van der Waals surface area contributed by atoms with Crippen LogP contribution < -0.4 is 11.5 Å². The molecule has 0 aromatic heterocycles. The second-order valence-electron chi connectivity index (χ2n) is 1.65. The van der Waals surface area contributed by atoms with Crippen LogP contribution in [0.3, 0.4) is 0 Å². The molecule has 0 aliphatic rings. The summed E-state index contributed by atoms with van der Waals surface area (Å²) >= 11 is 0. The van der Waals surface area contributed by atoms with E-state index in [1.54, 1.807) is 6.92 Å². The van der Waals surface area contributed by atoms with Crippen molar-refractivity contribution in [1.29, 1.82) is 5.41 Å². The smallest absolute Gasteiger partial charge is 0.0573 e. The van der Waals surface area contributed by atoms with Gasteiger partial charge in [0.05, 0.1) is 6.17 Å². The van der Waals surface area contributed by atoms with Crippen LogP contribution in [-0.4, -0.2) is 11.9 Å². The fraction of sp³-hybridized carbons (Fsp3) is 0.750. The molecule has 0 atom stereocenters. The Bertz CT molecular complexity index is 67.3. The van der Waals surface area contributed by atoms with Crippen molar-refractivity contribution in [2.45, 2.75) is 19.5 Å². The minimum atomic E-state index is -0.350. The molecule has 3 heteroatoms. The summed E-state index contributed by atoms with van der Waals surface area (Å²) in [5.41, 5.74) is 10.8. The molecule has 0 saturated carbocycles. The van der Waals surface area contributed by atoms with Crippen LogP contribution in [0, 0.1) is 5.41 Å². The standard InChI is InChI=1S/C4H11N3/c1-3(5)2-4(6)7/h4-5H,2,6-7H2,1H3. The van der Waals surface area contributed by atoms with E-state index < -0.39 is 0 Å². The maximum Gasteiger partial charge on any atom is 0.0573 e. The Kier molecular flexibility index (Phi) is 2.55. The molecule has 42 valence electrons. The molecule has 0 radical (unpaired) electrons. The lowest BCUT2D eigenvalue weighted by Crippen LogP contribution is -2.31. The van der Waals surface area contributed by atoms with E-state index in [4.69, 9.17) is 16.9 Å². The zero-order valence-electron chi connectivity index (χ0n) is 4.44. The SMILES string of the molecule is CC(=N)CC(N)N. The molecule has 7 heavy (non-hydrogen) atoms. The van der Waals surface area contributed by atoms with Gasteiger partial charge in [-0.3, -0.25) is 0 Å². The summed E-state index contributed by atoms with van der Waals surface area (Å²) in [5, 5.41) is 6.86. The van der Waals surface area contributed by atoms with Gasteiger partial charge in [-0.15, -0.1) is 0 Å². The fourth-order valence-corrected chi connectivity index (χ4v) is 0.354. The molecule has 0 aromatic rings. The lowest BCUT2D eigenvalue weighted by Gasteiger charge is -1.99. The van der Waals surface area contributed by atoms with E-state index in [1.807, 2.05) is 0 Å². The van der Waals surface area contributed by atoms with E-state index in [1.165, 1.54) is 0 Å². The summed E-state index contributed by atoms with van der Waals surface area (Å²) in [4.78, 5) is 0. The first-order valence-corrected chi connectivity index (χ1v) is 2.18. The van der Waals surface area contributed by atoms with Crippen LogP contribution in [0.15, 0.2) is 0 Å². The van der Waals surface area contributed by atoms with Crippen LogP contribution >= 0.6 is 0 Å². The third-order valence-electron chi connectivity index (χ3n) is 0.542. The number of hydrogen-bond donors (Lipinski definition) is 3. The maximum absolute atomic E-state index is 6.86. The van der Waals surface area contributed by atoms with Crippen LogP contribution in [0.25, 0.3) is 0 Å². The van der Waals surface area contributed by atoms with Gasteiger partial charge in [0, 0.05) is 12.1 Å². The third-order valence-corrected chi connectivity index (χ3v) is 0.542. The number of hydrogen-bond acceptors (Lipinski definition) is 3. The van der Waals surface area contributed by atoms with Gasteiger partial charge in [-0.1, -0.05) is 0 Å². The van der Waals surface area contributed by atoms with Crippen molar-refractivity contribution in [3.05, 3.63) is 0 Å². The molecule has 0 aliphatic carbocycles. The van der Waals surface area contributed by atoms with Crippen molar-refractivity contribution < 1.29 is 0 Å². The average Bonchev–Trinajstić information content (AvgIpc) is 1.27. The highest BCUT2D eigenvalue weighted by molar-refractivity contribution is 5.78. The van der Waals surface area contributed by atoms with E-state index in [9.17, 15) is 0 Å². The molecule has 0 spiro atoms. The number of nitrogens with one attached hydrogen (secondary N) is 1. The summed E-state index contributed by atoms with van der Waals surface area (Å²) in [7, 11) is 0. The van der Waals surface area contributed by atoms with Gasteiger partial charge in [-0.2, -0.15) is 0 Å². The van der Waals surface area contributed by atoms with Gasteiger partial charge in [-0.05, 0) is 6.92 Å². The average molecular weight is 101 g/mol. The second-order valence-corrected chi connectivity index (χ2v) is 1.65. The van der Waals surface area contributed by atoms with Crippen molar-refractivity contribution in [2.24, 2.45) is 11.5 Å². The minimum Gasteiger partial charge on any atom is -0.316 e. The maximum atomic E-state index is 6.86. The molecule has 0 unspecified atom stereocenters. The molecule has 3 nitrogen and oxygen atoms in total. The van der Waals surface area contributed by atoms with Crippen LogP contribution in [-0.2, 0) is 0 Å². The third kappa shape index (κ3) is 5.59. The molecule has 0 heterocycles. The predicted octanol–water partition coefficient (Wildman–Crippen LogP) is -0.340. The number of nitrogens with two attached hydrogens (primary N) is 2. The van der Waals surface area contributed by atoms with Gasteiger partial charge in [0.15, 0.2) is 0 Å². The topological polar surface area (TPSA) is 75.9 Å². The lowest BCUT2D eigenvalue weighted by atomic mass is 10.3. The van der Waals surface area contributed by atoms with Crippen molar-refractivity contribution in [2.75, 3.05) is 0 Å². The van der Waals surface area contributed by atoms with Gasteiger partial charge < -0.3 is 16.9 Å². The highest BCUT2D eigenvalue weighted by Crippen LogP contribution is 1.79. The van der Waals surface area contributed by atoms with Gasteiger partial charge in [0.25, 0.3) is 0 Å². The molecule has 0 saturated heterocycles. The van der Waals surface area contributed by atoms with Gasteiger partial charge in [0.2, 0.25) is 0 Å². The molecule has 0 bridgehead atoms. The van der Waals surface area contributed by atoms with E-state index >= 15 is 0 Å². The van der Waals surface area contributed by atoms with Gasteiger partial charge >= 0.3 is 0 Å². The highest BCUT2D eigenvalue weighted by atomic mass is 14.8. The monoisotopic (exact) mass is 101 g/mol. The molecule has 0 fully saturated rings. The van der Waals surface area contributed by atoms with E-state index in [-0.39, 0.29) is 6.17 Å². The van der Waals surface area contributed by atoms with Crippen molar-refractivity contribution >= 4 is 5.71 Å². The van der Waals surface area contributed by atoms with Gasteiger partial charge in [0.1, 0.15) is 0 Å². The van der Waals surface area contributed by atoms with Crippen LogP contribution in [0.5, 0.6) is 0 Å². The molecular weight excluding hydrogens is 90.1 g/mol. The summed E-state index contributed by atoms with van der Waals surface area (Å²) in [6, 6.07) is 0. The van der Waals surface area contributed by atoms with E-state index in [0.717, 1.165) is 0 Å². The zero-order chi connectivity index (χ0) is 5.86. The summed E-state index contributed by atoms with van der Waals surface area (Å²) in [6.45, 7) is 1.69. The summed E-state index contributed by atoms with van der Waals surface area (Å²) in [6.07, 6.45) is 0.150. The zero-order valence-corrected chi connectivity index (χ0v) is 4.44. The fourth-order valence-electron chi connectivity index (χ4n) is 0.354. The summed E-state index contributed by atoms with van der Waals surface area (Å²) < 4.78 is 0. The molecule has 0 aliphatic heterocycles. The minimum absolute atomic E-state index is 0.350. The Morgan fingerprint density at radius 2 is 2.14 bits per heavy atom. The highest BCUT2D eigenvalue weighted by Gasteiger charge is 1.92. The van der Waals surface area contributed by atoms with Crippen molar-refractivity contribution in [1.82, 2.24) is 0 Å². The normalized spacial score (nSPS) is 9.71. The Morgan fingerprint density at radius 3 is 2.14 bits per heavy atom. The first kappa shape index (κ1) is 6.59. The first-order chi connectivity index (χ1) is 3.13. The molecule has 0 aromatic carbocycles. The molecule has 0 amide bonds.